The van der Waals surface area contributed by atoms with Gasteiger partial charge in [-0.2, -0.15) is 0 Å². The minimum atomic E-state index is -1.23. The van der Waals surface area contributed by atoms with E-state index in [0.29, 0.717) is 36.3 Å². The molecule has 1 aromatic heterocycles. The third-order valence-corrected chi connectivity index (χ3v) is 12.9. The average molecular weight is 907 g/mol. The van der Waals surface area contributed by atoms with Gasteiger partial charge < -0.3 is 35.6 Å². The van der Waals surface area contributed by atoms with Crippen LogP contribution in [-0.2, 0) is 56.5 Å². The second-order valence-electron chi connectivity index (χ2n) is 20.2. The fraction of sp³-hybridized carbons (Fsp3) is 0.674. The third-order valence-electron chi connectivity index (χ3n) is 12.9. The predicted octanol–water partition coefficient (Wildman–Crippen LogP) is 2.63. The van der Waals surface area contributed by atoms with Gasteiger partial charge in [0, 0.05) is 38.9 Å². The largest absolute Gasteiger partial charge is 0.458 e. The number of esters is 1. The van der Waals surface area contributed by atoms with E-state index in [9.17, 15) is 43.2 Å². The molecule has 5 atom stereocenters. The Hall–Kier alpha value is -5.75. The van der Waals surface area contributed by atoms with Gasteiger partial charge in [0.2, 0.25) is 35.4 Å². The first-order valence-corrected chi connectivity index (χ1v) is 22.9. The standard InChI is InChI=1S/C46H66N8O11/c1-45(2,3)64-42(61)30(14-18-36(47)55)48-39(58)33-16-13-29-20-21-52(25-31(41(60)53(29)33)49-43(62)65-46(4,5)6)38(57)24-27-10-8-26(9-11-27)22-28-12-15-32-35(23-28)51(7)44(63)54(32)34-17-19-37(56)50-40(34)59/h12,15,23,26-27,29-31,33-34H,8-11,13-14,16-22,24-25H2,1-7H3,(H2,47,55)(H,48,58)(H,49,62)(H,50,56,59)/t26?,27?,29-,30+,31+,33+,34?/m1/s1. The first-order chi connectivity index (χ1) is 30.5. The number of ether oxygens (including phenoxy) is 2. The third kappa shape index (κ3) is 12.1. The molecule has 3 saturated heterocycles. The number of imide groups is 1. The summed E-state index contributed by atoms with van der Waals surface area (Å²) in [6, 6.07) is 1.26. The SMILES string of the molecule is Cn1c(=O)n(C2CCC(=O)NC2=O)c2ccc(CC3CCC(CC(=O)N4CC[C@H]5CC[C@@H](C(=O)N[C@@H](CCC(N)=O)C(=O)OC(C)(C)C)N5C(=O)[C@@H](NC(=O)OC(C)(C)C)C4)CC3)cc21. The summed E-state index contributed by atoms with van der Waals surface area (Å²) in [5, 5.41) is 7.73. The molecular weight excluding hydrogens is 841 g/mol. The molecule has 1 aliphatic carbocycles. The Bertz CT molecular complexity index is 2250. The van der Waals surface area contributed by atoms with Crippen LogP contribution in [0.2, 0.25) is 0 Å². The van der Waals surface area contributed by atoms with Crippen molar-refractivity contribution in [2.75, 3.05) is 13.1 Å². The van der Waals surface area contributed by atoms with Gasteiger partial charge in [0.05, 0.1) is 17.6 Å². The maximum atomic E-state index is 14.5. The zero-order chi connectivity index (χ0) is 47.5. The number of hydrogen-bond donors (Lipinski definition) is 4. The molecule has 19 nitrogen and oxygen atoms in total. The molecule has 4 aliphatic rings. The van der Waals surface area contributed by atoms with E-state index >= 15 is 0 Å². The van der Waals surface area contributed by atoms with Gasteiger partial charge in [0.15, 0.2) is 0 Å². The number of amides is 7. The number of carbonyl (C=O) groups excluding carboxylic acids is 8. The summed E-state index contributed by atoms with van der Waals surface area (Å²) < 4.78 is 14.0. The highest BCUT2D eigenvalue weighted by Crippen LogP contribution is 2.35. The molecule has 7 amide bonds. The van der Waals surface area contributed by atoms with Crippen molar-refractivity contribution in [2.24, 2.45) is 24.6 Å². The lowest BCUT2D eigenvalue weighted by Gasteiger charge is -2.39. The highest BCUT2D eigenvalue weighted by atomic mass is 16.6. The number of rotatable bonds is 12. The number of alkyl carbamates (subject to hydrolysis) is 1. The van der Waals surface area contributed by atoms with Crippen LogP contribution in [0.25, 0.3) is 11.0 Å². The molecule has 65 heavy (non-hydrogen) atoms. The van der Waals surface area contributed by atoms with E-state index < -0.39 is 77.1 Å². The number of piperidine rings is 1. The number of nitrogens with zero attached hydrogens (tertiary/aromatic N) is 4. The molecule has 4 fully saturated rings. The van der Waals surface area contributed by atoms with Gasteiger partial charge in [-0.05, 0) is 135 Å². The minimum Gasteiger partial charge on any atom is -0.458 e. The van der Waals surface area contributed by atoms with E-state index in [-0.39, 0.29) is 68.5 Å². The zero-order valence-corrected chi connectivity index (χ0v) is 38.7. The van der Waals surface area contributed by atoms with Crippen molar-refractivity contribution in [3.05, 3.63) is 34.2 Å². The van der Waals surface area contributed by atoms with Crippen LogP contribution in [0.15, 0.2) is 23.0 Å². The summed E-state index contributed by atoms with van der Waals surface area (Å²) in [5.74, 6) is -3.01. The molecule has 1 aromatic carbocycles. The molecule has 4 heterocycles. The van der Waals surface area contributed by atoms with Gasteiger partial charge in [0.1, 0.15) is 35.4 Å². The first-order valence-electron chi connectivity index (χ1n) is 22.9. The molecule has 1 saturated carbocycles. The van der Waals surface area contributed by atoms with Crippen molar-refractivity contribution in [3.8, 4) is 0 Å². The molecule has 19 heteroatoms. The summed E-state index contributed by atoms with van der Waals surface area (Å²) in [5.41, 5.74) is 5.72. The number of aryl methyl sites for hydroxylation is 1. The van der Waals surface area contributed by atoms with Crippen LogP contribution >= 0.6 is 0 Å². The van der Waals surface area contributed by atoms with Crippen molar-refractivity contribution in [1.82, 2.24) is 34.9 Å². The van der Waals surface area contributed by atoms with Gasteiger partial charge in [-0.25, -0.2) is 14.4 Å². The lowest BCUT2D eigenvalue weighted by atomic mass is 9.78. The quantitative estimate of drug-likeness (QED) is 0.178. The van der Waals surface area contributed by atoms with Crippen LogP contribution in [0.1, 0.15) is 130 Å². The Balaban J connectivity index is 1.10. The molecule has 0 radical (unpaired) electrons. The number of nitrogens with two attached hydrogens (primary N) is 1. The molecule has 3 aliphatic heterocycles. The number of benzene rings is 1. The number of aromatic nitrogens is 2. The van der Waals surface area contributed by atoms with Crippen molar-refractivity contribution < 1.29 is 47.8 Å². The second kappa shape index (κ2) is 19.8. The van der Waals surface area contributed by atoms with Gasteiger partial charge in [-0.1, -0.05) is 6.07 Å². The Kier molecular flexibility index (Phi) is 14.8. The molecule has 1 unspecified atom stereocenters. The van der Waals surface area contributed by atoms with Crippen LogP contribution in [-0.4, -0.2) is 115 Å². The van der Waals surface area contributed by atoms with Crippen molar-refractivity contribution >= 4 is 58.5 Å². The predicted molar refractivity (Wildman–Crippen MR) is 237 cm³/mol. The molecule has 6 rings (SSSR count). The number of hydrogen-bond acceptors (Lipinski definition) is 11. The summed E-state index contributed by atoms with van der Waals surface area (Å²) >= 11 is 0. The molecule has 5 N–H and O–H groups in total. The van der Waals surface area contributed by atoms with Crippen LogP contribution in [0.3, 0.4) is 0 Å². The van der Waals surface area contributed by atoms with Crippen LogP contribution < -0.4 is 27.4 Å². The lowest BCUT2D eigenvalue weighted by molar-refractivity contribution is -0.159. The summed E-state index contributed by atoms with van der Waals surface area (Å²) in [6.07, 6.45) is 4.94. The van der Waals surface area contributed by atoms with E-state index in [1.165, 1.54) is 14.0 Å². The summed E-state index contributed by atoms with van der Waals surface area (Å²) in [4.78, 5) is 121. The second-order valence-corrected chi connectivity index (χ2v) is 20.2. The molecule has 356 valence electrons. The number of primary amides is 1. The first kappa shape index (κ1) is 48.7. The van der Waals surface area contributed by atoms with Crippen LogP contribution in [0.4, 0.5) is 4.79 Å². The van der Waals surface area contributed by atoms with E-state index in [1.807, 2.05) is 18.2 Å². The molecular formula is C46H66N8O11. The molecule has 0 bridgehead atoms. The van der Waals surface area contributed by atoms with E-state index in [0.717, 1.165) is 37.7 Å². The fourth-order valence-electron chi connectivity index (χ4n) is 9.71. The maximum absolute atomic E-state index is 14.5. The average Bonchev–Trinajstić information content (AvgIpc) is 3.73. The zero-order valence-electron chi connectivity index (χ0n) is 38.7. The number of imidazole rings is 1. The van der Waals surface area contributed by atoms with Crippen molar-refractivity contribution in [3.63, 3.8) is 0 Å². The van der Waals surface area contributed by atoms with Gasteiger partial charge in [0.25, 0.3) is 0 Å². The van der Waals surface area contributed by atoms with Gasteiger partial charge >= 0.3 is 17.8 Å². The summed E-state index contributed by atoms with van der Waals surface area (Å²) in [6.45, 7) is 10.3. The van der Waals surface area contributed by atoms with Crippen LogP contribution in [0.5, 0.6) is 0 Å². The van der Waals surface area contributed by atoms with Crippen LogP contribution in [0, 0.1) is 11.8 Å². The highest BCUT2D eigenvalue weighted by Gasteiger charge is 2.47. The Labute approximate surface area is 378 Å². The number of carbonyl (C=O) groups is 8. The van der Waals surface area contributed by atoms with E-state index in [1.54, 1.807) is 53.5 Å². The Morgan fingerprint density at radius 1 is 0.862 bits per heavy atom. The number of fused-ring (bicyclic) bond motifs is 2. The monoisotopic (exact) mass is 906 g/mol. The summed E-state index contributed by atoms with van der Waals surface area (Å²) in [7, 11) is 1.68. The van der Waals surface area contributed by atoms with Crippen molar-refractivity contribution in [1.29, 1.82) is 0 Å². The topological polar surface area (TPSA) is 251 Å². The molecule has 2 aromatic rings. The Morgan fingerprint density at radius 2 is 1.54 bits per heavy atom. The normalized spacial score (nSPS) is 24.6. The Morgan fingerprint density at radius 3 is 2.18 bits per heavy atom. The van der Waals surface area contributed by atoms with E-state index in [4.69, 9.17) is 15.2 Å². The maximum Gasteiger partial charge on any atom is 0.408 e. The van der Waals surface area contributed by atoms with E-state index in [2.05, 4.69) is 16.0 Å². The highest BCUT2D eigenvalue weighted by molar-refractivity contribution is 6.00. The van der Waals surface area contributed by atoms with Gasteiger partial charge in [-0.3, -0.25) is 43.2 Å². The smallest absolute Gasteiger partial charge is 0.408 e. The minimum absolute atomic E-state index is 0.0914. The molecule has 0 spiro atoms. The van der Waals surface area contributed by atoms with Gasteiger partial charge in [-0.15, -0.1) is 0 Å². The number of nitrogens with one attached hydrogen (secondary N) is 3. The fourth-order valence-corrected chi connectivity index (χ4v) is 9.71. The van der Waals surface area contributed by atoms with Crippen molar-refractivity contribution in [2.45, 2.75) is 166 Å². The lowest BCUT2D eigenvalue weighted by Crippen LogP contribution is -2.62.